The molecule has 0 radical (unpaired) electrons. The minimum absolute atomic E-state index is 0.142. The van der Waals surface area contributed by atoms with Gasteiger partial charge in [0.1, 0.15) is 17.1 Å². The van der Waals surface area contributed by atoms with Crippen LogP contribution in [0.3, 0.4) is 0 Å². The number of fused-ring (bicyclic) bond motifs is 1. The highest BCUT2D eigenvalue weighted by Gasteiger charge is 2.17. The highest BCUT2D eigenvalue weighted by molar-refractivity contribution is 7.88. The first-order chi connectivity index (χ1) is 12.6. The Morgan fingerprint density at radius 3 is 2.69 bits per heavy atom. The topological polar surface area (TPSA) is 98.2 Å². The molecule has 0 amide bonds. The average molecular weight is 369 g/mol. The fraction of sp³-hybridized carbons (Fsp3) is 0.111. The van der Waals surface area contributed by atoms with Gasteiger partial charge in [-0.1, -0.05) is 23.4 Å². The van der Waals surface area contributed by atoms with Gasteiger partial charge in [-0.15, -0.1) is 0 Å². The summed E-state index contributed by atoms with van der Waals surface area (Å²) in [5.74, 6) is 0.414. The van der Waals surface area contributed by atoms with Crippen molar-refractivity contribution in [2.45, 2.75) is 12.3 Å². The Morgan fingerprint density at radius 2 is 1.92 bits per heavy atom. The summed E-state index contributed by atoms with van der Waals surface area (Å²) >= 11 is 0. The van der Waals surface area contributed by atoms with Gasteiger partial charge >= 0.3 is 0 Å². The maximum Gasteiger partial charge on any atom is 0.217 e. The van der Waals surface area contributed by atoms with Crippen molar-refractivity contribution < 1.29 is 17.4 Å². The fourth-order valence-corrected chi connectivity index (χ4v) is 3.62. The Kier molecular flexibility index (Phi) is 4.27. The molecule has 3 heterocycles. The lowest BCUT2D eigenvalue weighted by atomic mass is 10.2. The van der Waals surface area contributed by atoms with Gasteiger partial charge in [0.25, 0.3) is 0 Å². The second-order valence-electron chi connectivity index (χ2n) is 5.73. The van der Waals surface area contributed by atoms with Crippen LogP contribution in [0, 0.1) is 0 Å². The van der Waals surface area contributed by atoms with E-state index in [1.165, 1.54) is 0 Å². The molecular formula is C18H15N3O4S. The molecule has 1 aromatic carbocycles. The molecule has 1 N–H and O–H groups in total. The summed E-state index contributed by atoms with van der Waals surface area (Å²) in [5.41, 5.74) is 2.39. The minimum Gasteiger partial charge on any atom is -0.463 e. The molecule has 0 saturated heterocycles. The summed E-state index contributed by atoms with van der Waals surface area (Å²) in [4.78, 5) is 4.28. The van der Waals surface area contributed by atoms with E-state index in [0.717, 1.165) is 5.56 Å². The molecule has 0 bridgehead atoms. The molecule has 7 nitrogen and oxygen atoms in total. The molecular weight excluding hydrogens is 354 g/mol. The van der Waals surface area contributed by atoms with Gasteiger partial charge < -0.3 is 8.94 Å². The molecule has 0 aliphatic heterocycles. The maximum atomic E-state index is 12.3. The van der Waals surface area contributed by atoms with Gasteiger partial charge in [0.2, 0.25) is 10.0 Å². The third kappa shape index (κ3) is 3.51. The van der Waals surface area contributed by atoms with Gasteiger partial charge in [-0.25, -0.2) is 13.1 Å². The summed E-state index contributed by atoms with van der Waals surface area (Å²) in [7, 11) is -3.57. The number of pyridine rings is 1. The van der Waals surface area contributed by atoms with Gasteiger partial charge in [0.05, 0.1) is 6.26 Å². The number of furan rings is 1. The van der Waals surface area contributed by atoms with Crippen LogP contribution in [0.4, 0.5) is 0 Å². The quantitative estimate of drug-likeness (QED) is 0.561. The predicted octanol–water partition coefficient (Wildman–Crippen LogP) is 3.10. The van der Waals surface area contributed by atoms with Gasteiger partial charge in [-0.2, -0.15) is 0 Å². The van der Waals surface area contributed by atoms with Crippen LogP contribution in [0.2, 0.25) is 0 Å². The molecule has 4 rings (SSSR count). The van der Waals surface area contributed by atoms with E-state index >= 15 is 0 Å². The third-order valence-electron chi connectivity index (χ3n) is 3.87. The largest absolute Gasteiger partial charge is 0.463 e. The Balaban J connectivity index is 1.43. The number of hydrogen-bond acceptors (Lipinski definition) is 6. The van der Waals surface area contributed by atoms with Crippen LogP contribution in [-0.4, -0.2) is 18.6 Å². The van der Waals surface area contributed by atoms with E-state index in [4.69, 9.17) is 8.94 Å². The van der Waals surface area contributed by atoms with Crippen LogP contribution in [0.15, 0.2) is 69.9 Å². The van der Waals surface area contributed by atoms with Crippen LogP contribution in [0.5, 0.6) is 0 Å². The standard InChI is InChI=1S/C18H15N3O4S/c22-26(23,12-16-14-4-1-2-5-17(14)25-21-16)20-11-13-7-8-15(19-10-13)18-6-3-9-24-18/h1-10,20H,11-12H2. The normalized spacial score (nSPS) is 11.8. The molecule has 0 atom stereocenters. The Bertz CT molecular complexity index is 1120. The van der Waals surface area contributed by atoms with Crippen LogP contribution < -0.4 is 4.72 Å². The zero-order chi connectivity index (χ0) is 18.0. The van der Waals surface area contributed by atoms with E-state index in [0.29, 0.717) is 28.1 Å². The molecule has 26 heavy (non-hydrogen) atoms. The molecule has 0 aliphatic carbocycles. The molecule has 8 heteroatoms. The first kappa shape index (κ1) is 16.5. The third-order valence-corrected chi connectivity index (χ3v) is 5.11. The van der Waals surface area contributed by atoms with Crippen molar-refractivity contribution in [3.05, 3.63) is 72.2 Å². The number of nitrogens with one attached hydrogen (secondary N) is 1. The summed E-state index contributed by atoms with van der Waals surface area (Å²) in [6, 6.07) is 14.3. The van der Waals surface area contributed by atoms with Crippen molar-refractivity contribution in [2.75, 3.05) is 0 Å². The number of aromatic nitrogens is 2. The Morgan fingerprint density at radius 1 is 1.04 bits per heavy atom. The highest BCUT2D eigenvalue weighted by atomic mass is 32.2. The zero-order valence-electron chi connectivity index (χ0n) is 13.6. The lowest BCUT2D eigenvalue weighted by Gasteiger charge is -2.06. The first-order valence-corrected chi connectivity index (χ1v) is 9.55. The molecule has 0 spiro atoms. The maximum absolute atomic E-state index is 12.3. The minimum atomic E-state index is -3.57. The monoisotopic (exact) mass is 369 g/mol. The van der Waals surface area contributed by atoms with E-state index < -0.39 is 10.0 Å². The lowest BCUT2D eigenvalue weighted by molar-refractivity contribution is 0.448. The highest BCUT2D eigenvalue weighted by Crippen LogP contribution is 2.20. The Hall–Kier alpha value is -2.97. The molecule has 0 fully saturated rings. The Labute approximate surface area is 149 Å². The van der Waals surface area contributed by atoms with Crippen molar-refractivity contribution in [3.63, 3.8) is 0 Å². The lowest BCUT2D eigenvalue weighted by Crippen LogP contribution is -2.25. The predicted molar refractivity (Wildman–Crippen MR) is 95.4 cm³/mol. The average Bonchev–Trinajstić information content (AvgIpc) is 3.31. The van der Waals surface area contributed by atoms with Crippen LogP contribution in [0.1, 0.15) is 11.3 Å². The van der Waals surface area contributed by atoms with Crippen LogP contribution >= 0.6 is 0 Å². The van der Waals surface area contributed by atoms with Crippen molar-refractivity contribution in [3.8, 4) is 11.5 Å². The smallest absolute Gasteiger partial charge is 0.217 e. The number of hydrogen-bond donors (Lipinski definition) is 1. The van der Waals surface area contributed by atoms with Crippen LogP contribution in [0.25, 0.3) is 22.4 Å². The van der Waals surface area contributed by atoms with Crippen molar-refractivity contribution >= 4 is 21.0 Å². The van der Waals surface area contributed by atoms with Crippen molar-refractivity contribution in [1.29, 1.82) is 0 Å². The summed E-state index contributed by atoms with van der Waals surface area (Å²) in [6.07, 6.45) is 3.19. The summed E-state index contributed by atoms with van der Waals surface area (Å²) < 4.78 is 37.7. The van der Waals surface area contributed by atoms with Gasteiger partial charge in [-0.05, 0) is 35.9 Å². The van der Waals surface area contributed by atoms with Crippen molar-refractivity contribution in [2.24, 2.45) is 0 Å². The number of para-hydroxylation sites is 1. The second-order valence-corrected chi connectivity index (χ2v) is 7.54. The van der Waals surface area contributed by atoms with Gasteiger partial charge in [0, 0.05) is 18.1 Å². The molecule has 0 unspecified atom stereocenters. The molecule has 0 aliphatic rings. The van der Waals surface area contributed by atoms with E-state index in [-0.39, 0.29) is 12.3 Å². The number of sulfonamides is 1. The molecule has 4 aromatic rings. The zero-order valence-corrected chi connectivity index (χ0v) is 14.4. The summed E-state index contributed by atoms with van der Waals surface area (Å²) in [5, 5.41) is 4.56. The van der Waals surface area contributed by atoms with E-state index in [1.54, 1.807) is 42.8 Å². The van der Waals surface area contributed by atoms with Crippen molar-refractivity contribution in [1.82, 2.24) is 14.9 Å². The SMILES string of the molecule is O=S(=O)(Cc1noc2ccccc12)NCc1ccc(-c2ccco2)nc1. The number of benzene rings is 1. The van der Waals surface area contributed by atoms with E-state index in [2.05, 4.69) is 14.9 Å². The molecule has 132 valence electrons. The van der Waals surface area contributed by atoms with E-state index in [9.17, 15) is 8.42 Å². The first-order valence-electron chi connectivity index (χ1n) is 7.90. The van der Waals surface area contributed by atoms with Crippen LogP contribution in [-0.2, 0) is 22.3 Å². The van der Waals surface area contributed by atoms with E-state index in [1.807, 2.05) is 18.2 Å². The van der Waals surface area contributed by atoms with Gasteiger partial charge in [-0.3, -0.25) is 4.98 Å². The second kappa shape index (κ2) is 6.74. The summed E-state index contributed by atoms with van der Waals surface area (Å²) in [6.45, 7) is 0.142. The number of rotatable bonds is 6. The molecule has 0 saturated carbocycles. The van der Waals surface area contributed by atoms with Gasteiger partial charge in [0.15, 0.2) is 11.3 Å². The molecule has 3 aromatic heterocycles. The fourth-order valence-electron chi connectivity index (χ4n) is 2.57. The number of nitrogens with zero attached hydrogens (tertiary/aromatic N) is 2.